The zero-order valence-electron chi connectivity index (χ0n) is 32.3. The molecule has 0 spiro atoms. The van der Waals surface area contributed by atoms with Crippen molar-refractivity contribution < 1.29 is 29.0 Å². The van der Waals surface area contributed by atoms with E-state index in [-0.39, 0.29) is 51.8 Å². The molecule has 49 heavy (non-hydrogen) atoms. The normalized spacial score (nSPS) is 40.7. The van der Waals surface area contributed by atoms with Gasteiger partial charge in [-0.05, 0) is 122 Å². The number of esters is 1. The summed E-state index contributed by atoms with van der Waals surface area (Å²) in [6.45, 7) is 19.7. The Hall–Kier alpha value is -1.98. The second kappa shape index (κ2) is 12.3. The van der Waals surface area contributed by atoms with Crippen molar-refractivity contribution in [2.24, 2.45) is 62.1 Å². The number of ether oxygens (including phenoxy) is 1. The molecule has 0 bridgehead atoms. The first-order valence-corrected chi connectivity index (χ1v) is 20.0. The van der Waals surface area contributed by atoms with Gasteiger partial charge in [0.15, 0.2) is 5.78 Å². The van der Waals surface area contributed by atoms with Gasteiger partial charge in [0.1, 0.15) is 11.9 Å². The van der Waals surface area contributed by atoms with Crippen molar-refractivity contribution in [2.45, 2.75) is 171 Å². The summed E-state index contributed by atoms with van der Waals surface area (Å²) in [7, 11) is 0. The number of fused-ring (bicyclic) bond motifs is 7. The first kappa shape index (κ1) is 36.8. The number of carbonyl (C=O) groups is 4. The molecule has 0 amide bonds. The van der Waals surface area contributed by atoms with Crippen molar-refractivity contribution in [3.05, 3.63) is 11.1 Å². The Labute approximate surface area is 296 Å². The van der Waals surface area contributed by atoms with E-state index >= 15 is 0 Å². The van der Waals surface area contributed by atoms with Gasteiger partial charge in [0, 0.05) is 18.3 Å². The maximum atomic E-state index is 14.6. The van der Waals surface area contributed by atoms with Crippen molar-refractivity contribution in [3.8, 4) is 0 Å². The zero-order chi connectivity index (χ0) is 35.9. The molecule has 0 heterocycles. The number of Topliss-reactive ketones (excluding diaryl/α,β-unsaturated/α-hetero) is 2. The highest BCUT2D eigenvalue weighted by Crippen LogP contribution is 2.77. The van der Waals surface area contributed by atoms with Crippen LogP contribution in [0.1, 0.15) is 165 Å². The molecule has 6 nitrogen and oxygen atoms in total. The summed E-state index contributed by atoms with van der Waals surface area (Å²) in [6, 6.07) is 0. The summed E-state index contributed by atoms with van der Waals surface area (Å²) < 4.78 is 6.16. The number of ketones is 2. The molecule has 0 saturated heterocycles. The Kier molecular flexibility index (Phi) is 9.25. The van der Waals surface area contributed by atoms with E-state index in [1.807, 2.05) is 0 Å². The predicted octanol–water partition coefficient (Wildman–Crippen LogP) is 9.92. The second-order valence-corrected chi connectivity index (χ2v) is 20.1. The van der Waals surface area contributed by atoms with Gasteiger partial charge >= 0.3 is 11.9 Å². The molecule has 8 atom stereocenters. The van der Waals surface area contributed by atoms with Crippen LogP contribution in [0.15, 0.2) is 11.1 Å². The van der Waals surface area contributed by atoms with Crippen molar-refractivity contribution in [1.82, 2.24) is 0 Å². The van der Waals surface area contributed by atoms with Gasteiger partial charge in [-0.15, -0.1) is 0 Å². The lowest BCUT2D eigenvalue weighted by atomic mass is 9.33. The van der Waals surface area contributed by atoms with Crippen LogP contribution in [0, 0.1) is 62.1 Å². The number of rotatable bonds is 8. The molecule has 0 unspecified atom stereocenters. The van der Waals surface area contributed by atoms with Crippen molar-refractivity contribution in [2.75, 3.05) is 0 Å². The van der Waals surface area contributed by atoms with E-state index in [2.05, 4.69) is 48.5 Å². The topological polar surface area (TPSA) is 97.7 Å². The van der Waals surface area contributed by atoms with E-state index in [4.69, 9.17) is 4.74 Å². The minimum atomic E-state index is -1.15. The van der Waals surface area contributed by atoms with Crippen LogP contribution < -0.4 is 0 Å². The van der Waals surface area contributed by atoms with Gasteiger partial charge in [0.05, 0.1) is 17.3 Å². The highest BCUT2D eigenvalue weighted by molar-refractivity contribution is 6.07. The lowest BCUT2D eigenvalue weighted by Crippen LogP contribution is -2.66. The number of carboxylic acid groups (broad SMARTS) is 1. The van der Waals surface area contributed by atoms with E-state index in [0.717, 1.165) is 69.8 Å². The van der Waals surface area contributed by atoms with E-state index in [0.29, 0.717) is 36.4 Å². The summed E-state index contributed by atoms with van der Waals surface area (Å²) in [5, 5.41) is 9.59. The van der Waals surface area contributed by atoms with Crippen LogP contribution in [0.5, 0.6) is 0 Å². The van der Waals surface area contributed by atoms with Gasteiger partial charge in [0.2, 0.25) is 0 Å². The molecule has 6 rings (SSSR count). The van der Waals surface area contributed by atoms with Gasteiger partial charge in [-0.1, -0.05) is 80.6 Å². The monoisotopic (exact) mass is 678 g/mol. The first-order chi connectivity index (χ1) is 22.7. The van der Waals surface area contributed by atoms with Crippen LogP contribution in [-0.2, 0) is 23.9 Å². The molecule has 1 N–H and O–H groups in total. The third kappa shape index (κ3) is 5.53. The maximum Gasteiger partial charge on any atom is 0.309 e. The molecule has 6 heteroatoms. The maximum absolute atomic E-state index is 14.6. The molecule has 0 radical (unpaired) electrons. The van der Waals surface area contributed by atoms with E-state index in [9.17, 15) is 24.3 Å². The summed E-state index contributed by atoms with van der Waals surface area (Å²) in [5.74, 6) is 1.00. The highest BCUT2D eigenvalue weighted by atomic mass is 16.5. The molecule has 0 aromatic heterocycles. The predicted molar refractivity (Wildman–Crippen MR) is 192 cm³/mol. The Morgan fingerprint density at radius 1 is 0.837 bits per heavy atom. The quantitative estimate of drug-likeness (QED) is 0.257. The SMILES string of the molecule is CC(C)C1=C2[C@H]3CC[C@@H]4[C@@]5(C)CC[C@H](OC(=O)CC(C)(C)C(=O)O)C(C)(C)[C@@H]5CC[C@@]4(C)[C@]3(C)CC[C@@]2(C(=O)CC2CCCCC2)CC1=O. The standard InChI is InChI=1S/C43H66O6/c1-26(2)35-29(44)24-43(32(45)23-27-13-11-10-12-14-27)22-21-41(8)28(36(35)43)15-16-31-40(7)19-18-33(49-34(46)25-38(3,4)37(47)48)39(5,6)30(40)17-20-42(31,41)9/h26-28,30-31,33H,10-25H2,1-9H3,(H,47,48)/t28-,30+,31-,33+,40+,41-,42-,43+/m1/s1. The fraction of sp³-hybridized carbons (Fsp3) is 0.860. The Morgan fingerprint density at radius 3 is 2.14 bits per heavy atom. The number of allylic oxidation sites excluding steroid dienone is 2. The third-order valence-electron chi connectivity index (χ3n) is 16.5. The van der Waals surface area contributed by atoms with Gasteiger partial charge < -0.3 is 9.84 Å². The first-order valence-electron chi connectivity index (χ1n) is 20.0. The minimum Gasteiger partial charge on any atom is -0.481 e. The molecule has 5 saturated carbocycles. The van der Waals surface area contributed by atoms with Crippen LogP contribution in [0.25, 0.3) is 0 Å². The number of carbonyl (C=O) groups excluding carboxylic acids is 3. The average molecular weight is 679 g/mol. The van der Waals surface area contributed by atoms with Crippen molar-refractivity contribution in [1.29, 1.82) is 0 Å². The van der Waals surface area contributed by atoms with Gasteiger partial charge in [-0.3, -0.25) is 19.2 Å². The number of carboxylic acids is 1. The number of aliphatic carboxylic acids is 1. The summed E-state index contributed by atoms with van der Waals surface area (Å²) in [6.07, 6.45) is 14.7. The molecule has 0 aliphatic heterocycles. The highest BCUT2D eigenvalue weighted by Gasteiger charge is 2.71. The molecule has 6 aliphatic carbocycles. The fourth-order valence-electron chi connectivity index (χ4n) is 13.6. The number of hydrogen-bond acceptors (Lipinski definition) is 5. The largest absolute Gasteiger partial charge is 0.481 e. The van der Waals surface area contributed by atoms with Crippen LogP contribution in [0.4, 0.5) is 0 Å². The smallest absolute Gasteiger partial charge is 0.309 e. The van der Waals surface area contributed by atoms with Gasteiger partial charge in [0.25, 0.3) is 0 Å². The zero-order valence-corrected chi connectivity index (χ0v) is 32.3. The second-order valence-electron chi connectivity index (χ2n) is 20.1. The van der Waals surface area contributed by atoms with E-state index < -0.39 is 22.8 Å². The van der Waals surface area contributed by atoms with Crippen molar-refractivity contribution >= 4 is 23.5 Å². The molecule has 0 aromatic carbocycles. The molecule has 6 aliphatic rings. The lowest BCUT2D eigenvalue weighted by molar-refractivity contribution is -0.233. The Balaban J connectivity index is 1.29. The third-order valence-corrected chi connectivity index (χ3v) is 16.5. The van der Waals surface area contributed by atoms with Crippen LogP contribution in [0.3, 0.4) is 0 Å². The molecular formula is C43H66O6. The fourth-order valence-corrected chi connectivity index (χ4v) is 13.6. The minimum absolute atomic E-state index is 0.00841. The van der Waals surface area contributed by atoms with Gasteiger partial charge in [-0.25, -0.2) is 0 Å². The van der Waals surface area contributed by atoms with Gasteiger partial charge in [-0.2, -0.15) is 0 Å². The number of hydrogen-bond donors (Lipinski definition) is 1. The van der Waals surface area contributed by atoms with Crippen LogP contribution in [-0.4, -0.2) is 34.7 Å². The summed E-state index contributed by atoms with van der Waals surface area (Å²) >= 11 is 0. The van der Waals surface area contributed by atoms with Crippen LogP contribution in [0.2, 0.25) is 0 Å². The van der Waals surface area contributed by atoms with E-state index in [1.165, 1.54) is 24.8 Å². The summed E-state index contributed by atoms with van der Waals surface area (Å²) in [4.78, 5) is 53.4. The van der Waals surface area contributed by atoms with Crippen molar-refractivity contribution in [3.63, 3.8) is 0 Å². The Bertz CT molecular complexity index is 1410. The molecule has 274 valence electrons. The van der Waals surface area contributed by atoms with E-state index in [1.54, 1.807) is 13.8 Å². The lowest BCUT2D eigenvalue weighted by Gasteiger charge is -2.72. The van der Waals surface area contributed by atoms with Crippen LogP contribution >= 0.6 is 0 Å². The average Bonchev–Trinajstić information content (AvgIpc) is 3.32. The molecular weight excluding hydrogens is 612 g/mol. The summed E-state index contributed by atoms with van der Waals surface area (Å²) in [5.41, 5.74) is 0.492. The molecule has 0 aromatic rings. The Morgan fingerprint density at radius 2 is 1.51 bits per heavy atom. The molecule has 5 fully saturated rings.